The maximum Gasteiger partial charge on any atom is 0.211 e. The van der Waals surface area contributed by atoms with Gasteiger partial charge in [-0.1, -0.05) is 13.8 Å². The van der Waals surface area contributed by atoms with Crippen LogP contribution in [-0.4, -0.2) is 55.1 Å². The average Bonchev–Trinajstić information content (AvgIpc) is 2.45. The summed E-state index contributed by atoms with van der Waals surface area (Å²) in [4.78, 5) is 11.0. The Kier molecular flexibility index (Phi) is 4.80. The van der Waals surface area contributed by atoms with E-state index in [0.29, 0.717) is 32.7 Å². The summed E-state index contributed by atoms with van der Waals surface area (Å²) in [6.45, 7) is 6.66. The Morgan fingerprint density at radius 2 is 1.90 bits per heavy atom. The molecule has 0 bridgehead atoms. The van der Waals surface area contributed by atoms with Crippen molar-refractivity contribution < 1.29 is 8.42 Å². The normalized spacial score (nSPS) is 17.5. The number of nitrogens with two attached hydrogens (primary N) is 1. The van der Waals surface area contributed by atoms with E-state index in [1.807, 2.05) is 13.8 Å². The number of aromatic nitrogens is 2. The number of hydrogen-bond acceptors (Lipinski definition) is 6. The molecule has 2 rings (SSSR count). The summed E-state index contributed by atoms with van der Waals surface area (Å²) in [5.41, 5.74) is 7.53. The van der Waals surface area contributed by atoms with Gasteiger partial charge < -0.3 is 10.6 Å². The molecular formula is C13H23N5O2S. The molecule has 0 spiro atoms. The molecule has 1 saturated heterocycles. The van der Waals surface area contributed by atoms with Crippen LogP contribution in [0.2, 0.25) is 0 Å². The average molecular weight is 313 g/mol. The molecule has 1 aliphatic heterocycles. The largest absolute Gasteiger partial charge is 0.366 e. The van der Waals surface area contributed by atoms with Crippen molar-refractivity contribution in [3.05, 3.63) is 17.7 Å². The second-order valence-corrected chi connectivity index (χ2v) is 7.55. The fraction of sp³-hybridized carbons (Fsp3) is 0.692. The van der Waals surface area contributed by atoms with Gasteiger partial charge in [0.2, 0.25) is 10.0 Å². The van der Waals surface area contributed by atoms with Crippen LogP contribution in [0, 0.1) is 0 Å². The van der Waals surface area contributed by atoms with E-state index in [4.69, 9.17) is 5.73 Å². The fourth-order valence-electron chi connectivity index (χ4n) is 2.38. The van der Waals surface area contributed by atoms with Gasteiger partial charge in [0, 0.05) is 38.6 Å². The summed E-state index contributed by atoms with van der Waals surface area (Å²) in [6, 6.07) is 0. The monoisotopic (exact) mass is 313 g/mol. The molecule has 2 N–H and O–H groups in total. The summed E-state index contributed by atoms with van der Waals surface area (Å²) in [5, 5.41) is 0. The zero-order chi connectivity index (χ0) is 15.6. The van der Waals surface area contributed by atoms with Crippen LogP contribution in [0.25, 0.3) is 0 Å². The lowest BCUT2D eigenvalue weighted by molar-refractivity contribution is 0.387. The topological polar surface area (TPSA) is 92.4 Å². The van der Waals surface area contributed by atoms with Crippen molar-refractivity contribution in [3.63, 3.8) is 0 Å². The van der Waals surface area contributed by atoms with Gasteiger partial charge in [-0.05, 0) is 0 Å². The highest BCUT2D eigenvalue weighted by Gasteiger charge is 2.25. The van der Waals surface area contributed by atoms with Crippen LogP contribution in [0.4, 0.5) is 5.69 Å². The van der Waals surface area contributed by atoms with Crippen molar-refractivity contribution in [2.75, 3.05) is 37.3 Å². The van der Waals surface area contributed by atoms with Gasteiger partial charge in [-0.25, -0.2) is 18.4 Å². The second kappa shape index (κ2) is 6.25. The molecule has 1 aliphatic rings. The summed E-state index contributed by atoms with van der Waals surface area (Å²) < 4.78 is 24.6. The molecule has 21 heavy (non-hydrogen) atoms. The number of hydrogen-bond donors (Lipinski definition) is 1. The van der Waals surface area contributed by atoms with Gasteiger partial charge in [-0.15, -0.1) is 0 Å². The zero-order valence-electron chi connectivity index (χ0n) is 12.8. The van der Waals surface area contributed by atoms with Crippen LogP contribution >= 0.6 is 0 Å². The number of nitrogens with zero attached hydrogens (tertiary/aromatic N) is 4. The molecule has 1 aromatic heterocycles. The Balaban J connectivity index is 2.17. The van der Waals surface area contributed by atoms with Gasteiger partial charge in [0.15, 0.2) is 0 Å². The Labute approximate surface area is 126 Å². The summed E-state index contributed by atoms with van der Waals surface area (Å²) in [7, 11) is -3.11. The number of sulfonamides is 1. The molecule has 0 aliphatic carbocycles. The summed E-state index contributed by atoms with van der Waals surface area (Å²) in [5.74, 6) is 1.04. The van der Waals surface area contributed by atoms with E-state index >= 15 is 0 Å². The Morgan fingerprint density at radius 3 is 2.38 bits per heavy atom. The molecule has 8 heteroatoms. The first-order chi connectivity index (χ1) is 9.82. The predicted octanol–water partition coefficient (Wildman–Crippen LogP) is 0.140. The van der Waals surface area contributed by atoms with Crippen molar-refractivity contribution >= 4 is 15.7 Å². The Hall–Kier alpha value is -1.25. The van der Waals surface area contributed by atoms with Gasteiger partial charge in [-0.2, -0.15) is 4.31 Å². The fourth-order valence-corrected chi connectivity index (χ4v) is 3.21. The smallest absolute Gasteiger partial charge is 0.211 e. The van der Waals surface area contributed by atoms with Crippen LogP contribution in [-0.2, 0) is 16.6 Å². The van der Waals surface area contributed by atoms with Gasteiger partial charge in [0.1, 0.15) is 5.82 Å². The second-order valence-electron chi connectivity index (χ2n) is 5.57. The summed E-state index contributed by atoms with van der Waals surface area (Å²) >= 11 is 0. The lowest BCUT2D eigenvalue weighted by Gasteiger charge is -2.35. The quantitative estimate of drug-likeness (QED) is 0.850. The van der Waals surface area contributed by atoms with Crippen LogP contribution in [0.5, 0.6) is 0 Å². The van der Waals surface area contributed by atoms with Crippen LogP contribution in [0.1, 0.15) is 31.3 Å². The molecule has 0 radical (unpaired) electrons. The first-order valence-corrected chi connectivity index (χ1v) is 8.93. The first kappa shape index (κ1) is 16.1. The number of anilines is 1. The van der Waals surface area contributed by atoms with E-state index < -0.39 is 10.0 Å². The van der Waals surface area contributed by atoms with E-state index in [2.05, 4.69) is 14.9 Å². The standard InChI is InChI=1S/C13H23N5O2S/c1-10(2)13-15-9-12(11(8-14)16-13)17-4-6-18(7-5-17)21(3,19)20/h9-10H,4-8,14H2,1-3H3. The van der Waals surface area contributed by atoms with Gasteiger partial charge in [-0.3, -0.25) is 0 Å². The number of rotatable bonds is 4. The molecule has 1 aromatic rings. The third kappa shape index (κ3) is 3.69. The van der Waals surface area contributed by atoms with Gasteiger partial charge in [0.05, 0.1) is 23.8 Å². The van der Waals surface area contributed by atoms with Gasteiger partial charge in [0.25, 0.3) is 0 Å². The van der Waals surface area contributed by atoms with E-state index in [1.54, 1.807) is 6.20 Å². The molecule has 2 heterocycles. The molecule has 118 valence electrons. The highest BCUT2D eigenvalue weighted by atomic mass is 32.2. The lowest BCUT2D eigenvalue weighted by Crippen LogP contribution is -2.48. The maximum atomic E-state index is 11.5. The van der Waals surface area contributed by atoms with Crippen molar-refractivity contribution in [2.24, 2.45) is 5.73 Å². The molecule has 7 nitrogen and oxygen atoms in total. The van der Waals surface area contributed by atoms with Crippen LogP contribution in [0.15, 0.2) is 6.20 Å². The zero-order valence-corrected chi connectivity index (χ0v) is 13.6. The van der Waals surface area contributed by atoms with Gasteiger partial charge >= 0.3 is 0 Å². The van der Waals surface area contributed by atoms with Crippen molar-refractivity contribution in [3.8, 4) is 0 Å². The molecule has 0 saturated carbocycles. The minimum atomic E-state index is -3.11. The summed E-state index contributed by atoms with van der Waals surface area (Å²) in [6.07, 6.45) is 3.05. The predicted molar refractivity (Wildman–Crippen MR) is 82.6 cm³/mol. The molecule has 0 unspecified atom stereocenters. The molecule has 0 atom stereocenters. The van der Waals surface area contributed by atoms with E-state index in [0.717, 1.165) is 17.2 Å². The van der Waals surface area contributed by atoms with E-state index in [1.165, 1.54) is 10.6 Å². The molecular weight excluding hydrogens is 290 g/mol. The maximum absolute atomic E-state index is 11.5. The molecule has 0 amide bonds. The molecule has 0 aromatic carbocycles. The highest BCUT2D eigenvalue weighted by Crippen LogP contribution is 2.22. The first-order valence-electron chi connectivity index (χ1n) is 7.09. The SMILES string of the molecule is CC(C)c1ncc(N2CCN(S(C)(=O)=O)CC2)c(CN)n1. The van der Waals surface area contributed by atoms with E-state index in [9.17, 15) is 8.42 Å². The highest BCUT2D eigenvalue weighted by molar-refractivity contribution is 7.88. The van der Waals surface area contributed by atoms with E-state index in [-0.39, 0.29) is 5.92 Å². The van der Waals surface area contributed by atoms with Crippen LogP contribution < -0.4 is 10.6 Å². The van der Waals surface area contributed by atoms with Crippen molar-refractivity contribution in [2.45, 2.75) is 26.3 Å². The van der Waals surface area contributed by atoms with Crippen molar-refractivity contribution in [1.29, 1.82) is 0 Å². The molecule has 1 fully saturated rings. The van der Waals surface area contributed by atoms with Crippen molar-refractivity contribution in [1.82, 2.24) is 14.3 Å². The third-order valence-corrected chi connectivity index (χ3v) is 4.93. The minimum Gasteiger partial charge on any atom is -0.366 e. The minimum absolute atomic E-state index is 0.256. The Bertz CT molecular complexity index is 595. The number of piperazine rings is 1. The third-order valence-electron chi connectivity index (χ3n) is 3.62. The Morgan fingerprint density at radius 1 is 1.29 bits per heavy atom. The lowest BCUT2D eigenvalue weighted by atomic mass is 10.2. The van der Waals surface area contributed by atoms with Crippen LogP contribution in [0.3, 0.4) is 0 Å².